The molecule has 0 bridgehead atoms. The maximum Gasteiger partial charge on any atom is 0.257 e. The molecule has 1 heterocycles. The molecule has 3 rings (SSSR count). The molecule has 0 radical (unpaired) electrons. The lowest BCUT2D eigenvalue weighted by molar-refractivity contribution is 0.0977. The topological polar surface area (TPSA) is 44.4 Å². The van der Waals surface area contributed by atoms with E-state index in [4.69, 9.17) is 12.2 Å². The van der Waals surface area contributed by atoms with E-state index in [1.165, 1.54) is 18.5 Å². The van der Waals surface area contributed by atoms with Crippen LogP contribution in [0.4, 0.5) is 11.4 Å². The summed E-state index contributed by atoms with van der Waals surface area (Å²) in [6.07, 6.45) is 2.49. The van der Waals surface area contributed by atoms with Gasteiger partial charge in [0.15, 0.2) is 5.11 Å². The highest BCUT2D eigenvalue weighted by Crippen LogP contribution is 2.24. The Morgan fingerprint density at radius 1 is 1.15 bits per heavy atom. The van der Waals surface area contributed by atoms with Gasteiger partial charge in [-0.05, 0) is 96.0 Å². The maximum absolute atomic E-state index is 12.2. The molecule has 2 aromatic carbocycles. The fourth-order valence-corrected chi connectivity index (χ4v) is 3.74. The molecule has 1 amide bonds. The van der Waals surface area contributed by atoms with Crippen LogP contribution in [0, 0.1) is 9.49 Å². The molecule has 0 unspecified atom stereocenters. The molecule has 0 aromatic heterocycles. The quantitative estimate of drug-likeness (QED) is 0.497. The van der Waals surface area contributed by atoms with E-state index in [0.717, 1.165) is 28.3 Å². The van der Waals surface area contributed by atoms with Gasteiger partial charge < -0.3 is 10.2 Å². The fourth-order valence-electron chi connectivity index (χ4n) is 2.99. The molecule has 0 spiro atoms. The molecule has 6 heteroatoms. The van der Waals surface area contributed by atoms with Crippen LogP contribution in [-0.2, 0) is 0 Å². The van der Waals surface area contributed by atoms with E-state index in [1.807, 2.05) is 30.3 Å². The number of halogens is 1. The molecule has 2 N–H and O–H groups in total. The molecule has 0 aliphatic carbocycles. The lowest BCUT2D eigenvalue weighted by atomic mass is 9.99. The number of rotatable bonds is 3. The smallest absolute Gasteiger partial charge is 0.257 e. The van der Waals surface area contributed by atoms with Crippen LogP contribution in [0.15, 0.2) is 48.5 Å². The second-order valence-electron chi connectivity index (χ2n) is 6.64. The van der Waals surface area contributed by atoms with Crippen LogP contribution in [0.5, 0.6) is 0 Å². The van der Waals surface area contributed by atoms with Gasteiger partial charge in [-0.2, -0.15) is 0 Å². The Morgan fingerprint density at radius 2 is 1.85 bits per heavy atom. The summed E-state index contributed by atoms with van der Waals surface area (Å²) < 4.78 is 1.01. The van der Waals surface area contributed by atoms with Crippen molar-refractivity contribution in [2.24, 2.45) is 5.92 Å². The number of hydrogen-bond acceptors (Lipinski definition) is 3. The highest BCUT2D eigenvalue weighted by molar-refractivity contribution is 14.1. The van der Waals surface area contributed by atoms with Gasteiger partial charge in [0.1, 0.15) is 0 Å². The maximum atomic E-state index is 12.2. The molecule has 1 saturated heterocycles. The van der Waals surface area contributed by atoms with E-state index < -0.39 is 0 Å². The summed E-state index contributed by atoms with van der Waals surface area (Å²) in [4.78, 5) is 14.7. The molecule has 1 aliphatic rings. The first-order valence-electron chi connectivity index (χ1n) is 8.74. The van der Waals surface area contributed by atoms with Crippen LogP contribution in [-0.4, -0.2) is 24.1 Å². The SMILES string of the molecule is CC1CCN(c2ccc(NC(=S)NC(=O)c3cccc(I)c3)cc2)CC1. The van der Waals surface area contributed by atoms with Crippen LogP contribution >= 0.6 is 34.8 Å². The van der Waals surface area contributed by atoms with Gasteiger partial charge in [-0.3, -0.25) is 10.1 Å². The largest absolute Gasteiger partial charge is 0.372 e. The Labute approximate surface area is 173 Å². The van der Waals surface area contributed by atoms with Crippen molar-refractivity contribution in [3.63, 3.8) is 0 Å². The zero-order valence-corrected chi connectivity index (χ0v) is 17.6. The van der Waals surface area contributed by atoms with Crippen molar-refractivity contribution in [1.29, 1.82) is 0 Å². The van der Waals surface area contributed by atoms with E-state index >= 15 is 0 Å². The Balaban J connectivity index is 1.55. The predicted octanol–water partition coefficient (Wildman–Crippen LogP) is 4.65. The average molecular weight is 479 g/mol. The summed E-state index contributed by atoms with van der Waals surface area (Å²) in [5, 5.41) is 6.10. The minimum Gasteiger partial charge on any atom is -0.372 e. The van der Waals surface area contributed by atoms with Crippen LogP contribution in [0.3, 0.4) is 0 Å². The van der Waals surface area contributed by atoms with E-state index in [1.54, 1.807) is 6.07 Å². The number of nitrogens with zero attached hydrogens (tertiary/aromatic N) is 1. The Kier molecular flexibility index (Phi) is 6.48. The number of amides is 1. The molecule has 1 aliphatic heterocycles. The average Bonchev–Trinajstić information content (AvgIpc) is 2.63. The van der Waals surface area contributed by atoms with Crippen LogP contribution in [0.25, 0.3) is 0 Å². The fraction of sp³-hybridized carbons (Fsp3) is 0.300. The summed E-state index contributed by atoms with van der Waals surface area (Å²) >= 11 is 7.44. The molecule has 136 valence electrons. The Morgan fingerprint density at radius 3 is 2.50 bits per heavy atom. The normalized spacial score (nSPS) is 14.8. The molecule has 0 atom stereocenters. The highest BCUT2D eigenvalue weighted by Gasteiger charge is 2.16. The van der Waals surface area contributed by atoms with E-state index in [9.17, 15) is 4.79 Å². The third kappa shape index (κ3) is 5.17. The van der Waals surface area contributed by atoms with Crippen molar-refractivity contribution in [3.8, 4) is 0 Å². The minimum absolute atomic E-state index is 0.208. The number of thiocarbonyl (C=S) groups is 1. The van der Waals surface area contributed by atoms with Crippen molar-refractivity contribution in [2.75, 3.05) is 23.3 Å². The lowest BCUT2D eigenvalue weighted by Crippen LogP contribution is -2.34. The minimum atomic E-state index is -0.208. The Bertz CT molecular complexity index is 786. The summed E-state index contributed by atoms with van der Waals surface area (Å²) in [5.41, 5.74) is 2.69. The number of carbonyl (C=O) groups excluding carboxylic acids is 1. The summed E-state index contributed by atoms with van der Waals surface area (Å²) in [7, 11) is 0. The third-order valence-corrected chi connectivity index (χ3v) is 5.46. The molecule has 1 fully saturated rings. The number of carbonyl (C=O) groups is 1. The van der Waals surface area contributed by atoms with Crippen LogP contribution in [0.1, 0.15) is 30.1 Å². The van der Waals surface area contributed by atoms with Gasteiger partial charge in [0, 0.05) is 33.6 Å². The zero-order valence-electron chi connectivity index (χ0n) is 14.7. The van der Waals surface area contributed by atoms with Crippen molar-refractivity contribution < 1.29 is 4.79 Å². The van der Waals surface area contributed by atoms with Crippen molar-refractivity contribution in [2.45, 2.75) is 19.8 Å². The lowest BCUT2D eigenvalue weighted by Gasteiger charge is -2.32. The molecular weight excluding hydrogens is 457 g/mol. The zero-order chi connectivity index (χ0) is 18.5. The second kappa shape index (κ2) is 8.81. The second-order valence-corrected chi connectivity index (χ2v) is 8.29. The first kappa shape index (κ1) is 19.1. The number of nitrogens with one attached hydrogen (secondary N) is 2. The summed E-state index contributed by atoms with van der Waals surface area (Å²) in [6.45, 7) is 4.53. The molecule has 2 aromatic rings. The van der Waals surface area contributed by atoms with Gasteiger partial charge in [0.05, 0.1) is 0 Å². The van der Waals surface area contributed by atoms with E-state index in [-0.39, 0.29) is 5.91 Å². The summed E-state index contributed by atoms with van der Waals surface area (Å²) in [5.74, 6) is 0.612. The molecular formula is C20H22IN3OS. The first-order valence-corrected chi connectivity index (χ1v) is 10.2. The van der Waals surface area contributed by atoms with Crippen LogP contribution < -0.4 is 15.5 Å². The van der Waals surface area contributed by atoms with Gasteiger partial charge in [0.2, 0.25) is 0 Å². The van der Waals surface area contributed by atoms with Gasteiger partial charge in [-0.25, -0.2) is 0 Å². The summed E-state index contributed by atoms with van der Waals surface area (Å²) in [6, 6.07) is 15.6. The van der Waals surface area contributed by atoms with Crippen molar-refractivity contribution >= 4 is 57.2 Å². The van der Waals surface area contributed by atoms with Gasteiger partial charge >= 0.3 is 0 Å². The van der Waals surface area contributed by atoms with Gasteiger partial charge in [0.25, 0.3) is 5.91 Å². The van der Waals surface area contributed by atoms with Crippen molar-refractivity contribution in [1.82, 2.24) is 5.32 Å². The third-order valence-electron chi connectivity index (χ3n) is 4.59. The highest BCUT2D eigenvalue weighted by atomic mass is 127. The standard InChI is InChI=1S/C20H22IN3OS/c1-14-9-11-24(12-10-14)18-7-5-17(6-8-18)22-20(26)23-19(25)15-3-2-4-16(21)13-15/h2-8,13-14H,9-12H2,1H3,(H2,22,23,25,26). The number of anilines is 2. The molecule has 4 nitrogen and oxygen atoms in total. The van der Waals surface area contributed by atoms with Crippen molar-refractivity contribution in [3.05, 3.63) is 57.7 Å². The van der Waals surface area contributed by atoms with E-state index in [2.05, 4.69) is 57.2 Å². The van der Waals surface area contributed by atoms with E-state index in [0.29, 0.717) is 10.7 Å². The monoisotopic (exact) mass is 479 g/mol. The van der Waals surface area contributed by atoms with Gasteiger partial charge in [-0.15, -0.1) is 0 Å². The van der Waals surface area contributed by atoms with Gasteiger partial charge in [-0.1, -0.05) is 13.0 Å². The first-order chi connectivity index (χ1) is 12.5. The molecule has 26 heavy (non-hydrogen) atoms. The Hall–Kier alpha value is -1.67. The molecule has 0 saturated carbocycles. The number of piperidine rings is 1. The number of benzene rings is 2. The number of hydrogen-bond donors (Lipinski definition) is 2. The predicted molar refractivity (Wildman–Crippen MR) is 120 cm³/mol. The van der Waals surface area contributed by atoms with Crippen LogP contribution in [0.2, 0.25) is 0 Å².